The van der Waals surface area contributed by atoms with Gasteiger partial charge in [0, 0.05) is 15.9 Å². The largest absolute Gasteiger partial charge is 1.00 e. The Labute approximate surface area is 189 Å². The summed E-state index contributed by atoms with van der Waals surface area (Å²) >= 11 is 0. The van der Waals surface area contributed by atoms with Crippen LogP contribution in [0.1, 0.15) is 0 Å². The molecule has 3 aromatic rings. The molecule has 0 aromatic heterocycles. The quantitative estimate of drug-likeness (QED) is 0.330. The zero-order valence-electron chi connectivity index (χ0n) is 13.6. The van der Waals surface area contributed by atoms with E-state index in [2.05, 4.69) is 0 Å². The van der Waals surface area contributed by atoms with Crippen molar-refractivity contribution in [3.63, 3.8) is 0 Å². The van der Waals surface area contributed by atoms with Gasteiger partial charge in [0.15, 0.2) is 7.14 Å². The van der Waals surface area contributed by atoms with Crippen LogP contribution in [0.2, 0.25) is 0 Å². The summed E-state index contributed by atoms with van der Waals surface area (Å²) in [5.74, 6) is 0. The van der Waals surface area contributed by atoms with Crippen LogP contribution in [0.25, 0.3) is 0 Å². The van der Waals surface area contributed by atoms with Crippen molar-refractivity contribution in [2.24, 2.45) is 0 Å². The van der Waals surface area contributed by atoms with Crippen LogP contribution in [0, 0.1) is 0 Å². The minimum atomic E-state index is -4.62. The van der Waals surface area contributed by atoms with Gasteiger partial charge >= 0.3 is 51.4 Å². The SMILES string of the molecule is O=P(c1ccccc1)(c1ccccc1)c1cccc(S(=O)(=O)[O-])c1.[K+]. The molecule has 0 heterocycles. The molecule has 0 bridgehead atoms. The zero-order chi connectivity index (χ0) is 17.2. The molecule has 0 unspecified atom stereocenters. The normalized spacial score (nSPS) is 11.6. The first kappa shape index (κ1) is 20.7. The maximum absolute atomic E-state index is 14.0. The van der Waals surface area contributed by atoms with E-state index in [4.69, 9.17) is 0 Å². The topological polar surface area (TPSA) is 74.3 Å². The van der Waals surface area contributed by atoms with Gasteiger partial charge in [-0.05, 0) is 12.1 Å². The number of benzene rings is 3. The molecule has 0 radical (unpaired) electrons. The summed E-state index contributed by atoms with van der Waals surface area (Å²) in [5, 5.41) is 1.48. The molecule has 0 spiro atoms. The van der Waals surface area contributed by atoms with Crippen molar-refractivity contribution in [2.75, 3.05) is 0 Å². The molecule has 0 N–H and O–H groups in total. The van der Waals surface area contributed by atoms with Gasteiger partial charge in [0.1, 0.15) is 10.1 Å². The monoisotopic (exact) mass is 396 g/mol. The molecular weight excluding hydrogens is 382 g/mol. The molecule has 0 amide bonds. The van der Waals surface area contributed by atoms with Crippen LogP contribution >= 0.6 is 7.14 Å². The van der Waals surface area contributed by atoms with Gasteiger partial charge in [-0.3, -0.25) is 0 Å². The number of hydrogen-bond donors (Lipinski definition) is 0. The van der Waals surface area contributed by atoms with E-state index < -0.39 is 17.3 Å². The molecule has 4 nitrogen and oxygen atoms in total. The van der Waals surface area contributed by atoms with E-state index in [1.807, 2.05) is 12.1 Å². The Balaban J connectivity index is 0.00000225. The van der Waals surface area contributed by atoms with Crippen LogP contribution in [0.5, 0.6) is 0 Å². The molecule has 0 aliphatic heterocycles. The van der Waals surface area contributed by atoms with Crippen molar-refractivity contribution in [3.05, 3.63) is 84.9 Å². The molecule has 7 heteroatoms. The predicted octanol–water partition coefficient (Wildman–Crippen LogP) is -0.766. The minimum Gasteiger partial charge on any atom is -0.744 e. The van der Waals surface area contributed by atoms with Gasteiger partial charge < -0.3 is 9.12 Å². The van der Waals surface area contributed by atoms with Crippen molar-refractivity contribution in [2.45, 2.75) is 4.90 Å². The Hall–Kier alpha value is -0.564. The second kappa shape index (κ2) is 8.42. The fraction of sp³-hybridized carbons (Fsp3) is 0. The van der Waals surface area contributed by atoms with E-state index in [0.29, 0.717) is 15.9 Å². The average molecular weight is 396 g/mol. The van der Waals surface area contributed by atoms with Gasteiger partial charge in [-0.1, -0.05) is 72.8 Å². The third-order valence-electron chi connectivity index (χ3n) is 3.71. The first-order valence-electron chi connectivity index (χ1n) is 7.20. The number of rotatable bonds is 4. The first-order valence-corrected chi connectivity index (χ1v) is 10.3. The van der Waals surface area contributed by atoms with Crippen LogP contribution in [0.3, 0.4) is 0 Å². The molecule has 0 aliphatic rings. The standard InChI is InChI=1S/C18H15O4PS.K/c19-23(15-8-3-1-4-9-15,16-10-5-2-6-11-16)17-12-7-13-18(14-17)24(20,21)22;/h1-14H,(H,20,21,22);/q;+1/p-1. The van der Waals surface area contributed by atoms with E-state index in [9.17, 15) is 17.5 Å². The van der Waals surface area contributed by atoms with Crippen LogP contribution in [0.4, 0.5) is 0 Å². The molecule has 0 aliphatic carbocycles. The second-order valence-electron chi connectivity index (χ2n) is 5.23. The summed E-state index contributed by atoms with van der Waals surface area (Å²) in [6.45, 7) is 0. The summed E-state index contributed by atoms with van der Waals surface area (Å²) in [6, 6.07) is 23.2. The first-order chi connectivity index (χ1) is 11.4. The van der Waals surface area contributed by atoms with Gasteiger partial charge in [-0.25, -0.2) is 8.42 Å². The van der Waals surface area contributed by atoms with Gasteiger partial charge in [0.05, 0.1) is 4.90 Å². The maximum Gasteiger partial charge on any atom is 1.00 e. The molecule has 3 rings (SSSR count). The predicted molar refractivity (Wildman–Crippen MR) is 93.8 cm³/mol. The van der Waals surface area contributed by atoms with Crippen molar-refractivity contribution in [1.29, 1.82) is 0 Å². The van der Waals surface area contributed by atoms with Crippen LogP contribution < -0.4 is 67.3 Å². The molecule has 0 saturated heterocycles. The molecular formula is C18H14KO4PS. The van der Waals surface area contributed by atoms with Crippen LogP contribution in [-0.2, 0) is 14.7 Å². The fourth-order valence-corrected chi connectivity index (χ4v) is 5.86. The van der Waals surface area contributed by atoms with Gasteiger partial charge in [0.2, 0.25) is 0 Å². The van der Waals surface area contributed by atoms with E-state index >= 15 is 0 Å². The molecule has 0 saturated carbocycles. The zero-order valence-corrected chi connectivity index (χ0v) is 18.4. The molecule has 25 heavy (non-hydrogen) atoms. The second-order valence-corrected chi connectivity index (χ2v) is 9.38. The van der Waals surface area contributed by atoms with E-state index in [1.54, 1.807) is 54.6 Å². The Kier molecular flexibility index (Phi) is 6.99. The molecule has 0 atom stereocenters. The van der Waals surface area contributed by atoms with Crippen molar-refractivity contribution >= 4 is 33.2 Å². The Morgan fingerprint density at radius 1 is 0.680 bits per heavy atom. The maximum atomic E-state index is 14.0. The molecule has 0 fully saturated rings. The molecule has 122 valence electrons. The van der Waals surface area contributed by atoms with Gasteiger partial charge in [-0.15, -0.1) is 0 Å². The van der Waals surface area contributed by atoms with E-state index in [1.165, 1.54) is 18.2 Å². The third-order valence-corrected chi connectivity index (χ3v) is 7.60. The summed E-state index contributed by atoms with van der Waals surface area (Å²) in [6.07, 6.45) is 0. The smallest absolute Gasteiger partial charge is 0.744 e. The number of hydrogen-bond acceptors (Lipinski definition) is 4. The summed E-state index contributed by atoms with van der Waals surface area (Å²) in [7, 11) is -7.90. The van der Waals surface area contributed by atoms with Crippen molar-refractivity contribution in [3.8, 4) is 0 Å². The van der Waals surface area contributed by atoms with Crippen molar-refractivity contribution < 1.29 is 68.9 Å². The Morgan fingerprint density at radius 3 is 1.56 bits per heavy atom. The third kappa shape index (κ3) is 4.41. The van der Waals surface area contributed by atoms with Gasteiger partial charge in [-0.2, -0.15) is 0 Å². The van der Waals surface area contributed by atoms with E-state index in [0.717, 1.165) is 0 Å². The van der Waals surface area contributed by atoms with Crippen LogP contribution in [-0.4, -0.2) is 13.0 Å². The van der Waals surface area contributed by atoms with Crippen LogP contribution in [0.15, 0.2) is 89.8 Å². The molecule has 3 aromatic carbocycles. The van der Waals surface area contributed by atoms with Crippen molar-refractivity contribution in [1.82, 2.24) is 0 Å². The van der Waals surface area contributed by atoms with Gasteiger partial charge in [0.25, 0.3) is 0 Å². The summed E-state index contributed by atoms with van der Waals surface area (Å²) in [4.78, 5) is -0.382. The Bertz CT molecular complexity index is 962. The Morgan fingerprint density at radius 2 is 1.12 bits per heavy atom. The van der Waals surface area contributed by atoms with E-state index in [-0.39, 0.29) is 56.3 Å². The summed E-state index contributed by atoms with van der Waals surface area (Å²) in [5.41, 5.74) is 0. The average Bonchev–Trinajstić information content (AvgIpc) is 2.62. The minimum absolute atomic E-state index is 0. The fourth-order valence-electron chi connectivity index (χ4n) is 2.56. The summed E-state index contributed by atoms with van der Waals surface area (Å²) < 4.78 is 48.0.